The lowest BCUT2D eigenvalue weighted by Gasteiger charge is -2.17. The molecule has 0 N–H and O–H groups in total. The van der Waals surface area contributed by atoms with E-state index >= 15 is 0 Å². The monoisotopic (exact) mass is 250 g/mol. The summed E-state index contributed by atoms with van der Waals surface area (Å²) in [7, 11) is 0. The summed E-state index contributed by atoms with van der Waals surface area (Å²) in [6.07, 6.45) is 5.21. The summed E-state index contributed by atoms with van der Waals surface area (Å²) in [4.78, 5) is 23.3. The molecule has 0 aromatic rings. The Morgan fingerprint density at radius 3 is 2.94 bits per heavy atom. The third-order valence-electron chi connectivity index (χ3n) is 4.40. The van der Waals surface area contributed by atoms with Crippen molar-refractivity contribution in [1.82, 2.24) is 0 Å². The first-order valence-corrected chi connectivity index (χ1v) is 6.59. The van der Waals surface area contributed by atoms with Gasteiger partial charge in [-0.15, -0.1) is 0 Å². The normalized spacial score (nSPS) is 43.7. The number of fused-ring (bicyclic) bond motifs is 3. The molecule has 3 rings (SSSR count). The first kappa shape index (κ1) is 11.9. The summed E-state index contributed by atoms with van der Waals surface area (Å²) in [5, 5.41) is 0. The van der Waals surface area contributed by atoms with Crippen LogP contribution in [0.2, 0.25) is 0 Å². The highest BCUT2D eigenvalue weighted by atomic mass is 16.6. The number of carbonyl (C=O) groups excluding carboxylic acids is 2. The summed E-state index contributed by atoms with van der Waals surface area (Å²) in [6, 6.07) is 0. The second-order valence-electron chi connectivity index (χ2n) is 5.82. The fourth-order valence-electron chi connectivity index (χ4n) is 3.09. The maximum Gasteiger partial charge on any atom is 0.375 e. The van der Waals surface area contributed by atoms with Gasteiger partial charge in [-0.3, -0.25) is 4.79 Å². The fourth-order valence-corrected chi connectivity index (χ4v) is 3.09. The number of allylic oxidation sites excluding steroid dienone is 2. The molecule has 18 heavy (non-hydrogen) atoms. The standard InChI is InChI=1S/C14H18O4/c1-8-4-3-7-14(2)12(18-14)11-9(6-5-8)10(15)13(16)17-11/h4,9,11-12H,3,5-7H2,1-2H3/t9-,11-,12?,14+/m0/s1. The summed E-state index contributed by atoms with van der Waals surface area (Å²) in [5.74, 6) is -1.36. The molecule has 3 aliphatic rings. The molecule has 0 aromatic heterocycles. The van der Waals surface area contributed by atoms with E-state index in [9.17, 15) is 9.59 Å². The van der Waals surface area contributed by atoms with Crippen LogP contribution in [0.3, 0.4) is 0 Å². The van der Waals surface area contributed by atoms with Crippen LogP contribution in [0.5, 0.6) is 0 Å². The quantitative estimate of drug-likeness (QED) is 0.284. The molecule has 0 spiro atoms. The Morgan fingerprint density at radius 1 is 1.39 bits per heavy atom. The summed E-state index contributed by atoms with van der Waals surface area (Å²) in [6.45, 7) is 4.11. The molecule has 4 heteroatoms. The van der Waals surface area contributed by atoms with Crippen molar-refractivity contribution in [3.8, 4) is 0 Å². The van der Waals surface area contributed by atoms with Crippen molar-refractivity contribution in [1.29, 1.82) is 0 Å². The highest BCUT2D eigenvalue weighted by molar-refractivity contribution is 6.36. The Kier molecular flexibility index (Phi) is 2.59. The predicted molar refractivity (Wildman–Crippen MR) is 63.9 cm³/mol. The zero-order chi connectivity index (χ0) is 12.9. The zero-order valence-electron chi connectivity index (χ0n) is 10.8. The van der Waals surface area contributed by atoms with E-state index in [4.69, 9.17) is 9.47 Å². The summed E-state index contributed by atoms with van der Waals surface area (Å²) >= 11 is 0. The zero-order valence-corrected chi connectivity index (χ0v) is 10.8. The van der Waals surface area contributed by atoms with Crippen LogP contribution < -0.4 is 0 Å². The van der Waals surface area contributed by atoms with Crippen LogP contribution in [-0.4, -0.2) is 29.6 Å². The Balaban J connectivity index is 1.87. The van der Waals surface area contributed by atoms with Crippen LogP contribution in [-0.2, 0) is 19.1 Å². The van der Waals surface area contributed by atoms with Crippen molar-refractivity contribution in [2.75, 3.05) is 0 Å². The number of hydrogen-bond donors (Lipinski definition) is 0. The van der Waals surface area contributed by atoms with E-state index in [1.807, 2.05) is 6.92 Å². The molecule has 2 aliphatic heterocycles. The molecule has 2 saturated heterocycles. The highest BCUT2D eigenvalue weighted by Gasteiger charge is 2.62. The number of carbonyl (C=O) groups is 2. The van der Waals surface area contributed by atoms with Gasteiger partial charge in [0.25, 0.3) is 0 Å². The van der Waals surface area contributed by atoms with E-state index in [2.05, 4.69) is 13.0 Å². The van der Waals surface area contributed by atoms with Gasteiger partial charge in [-0.2, -0.15) is 0 Å². The molecular weight excluding hydrogens is 232 g/mol. The van der Waals surface area contributed by atoms with Gasteiger partial charge in [0, 0.05) is 0 Å². The lowest BCUT2D eigenvalue weighted by molar-refractivity contribution is -0.149. The van der Waals surface area contributed by atoms with Gasteiger partial charge in [-0.1, -0.05) is 11.6 Å². The molecule has 4 atom stereocenters. The third-order valence-corrected chi connectivity index (χ3v) is 4.40. The average Bonchev–Trinajstić information content (AvgIpc) is 2.90. The van der Waals surface area contributed by atoms with Gasteiger partial charge in [-0.25, -0.2) is 4.79 Å². The molecule has 2 heterocycles. The van der Waals surface area contributed by atoms with Crippen molar-refractivity contribution < 1.29 is 19.1 Å². The smallest absolute Gasteiger partial charge is 0.375 e. The van der Waals surface area contributed by atoms with Gasteiger partial charge in [0.2, 0.25) is 5.78 Å². The Labute approximate surface area is 106 Å². The van der Waals surface area contributed by atoms with Gasteiger partial charge < -0.3 is 9.47 Å². The van der Waals surface area contributed by atoms with Crippen LogP contribution >= 0.6 is 0 Å². The third kappa shape index (κ3) is 1.79. The molecular formula is C14H18O4. The van der Waals surface area contributed by atoms with Gasteiger partial charge >= 0.3 is 5.97 Å². The number of rotatable bonds is 0. The Morgan fingerprint density at radius 2 is 2.17 bits per heavy atom. The van der Waals surface area contributed by atoms with Gasteiger partial charge in [-0.05, 0) is 39.5 Å². The van der Waals surface area contributed by atoms with E-state index in [-0.39, 0.29) is 29.5 Å². The van der Waals surface area contributed by atoms with Crippen LogP contribution in [0, 0.1) is 5.92 Å². The van der Waals surface area contributed by atoms with Crippen LogP contribution in [0.4, 0.5) is 0 Å². The first-order chi connectivity index (χ1) is 8.51. The van der Waals surface area contributed by atoms with E-state index in [1.165, 1.54) is 5.57 Å². The maximum atomic E-state index is 11.8. The second-order valence-corrected chi connectivity index (χ2v) is 5.82. The summed E-state index contributed by atoms with van der Waals surface area (Å²) < 4.78 is 11.0. The fraction of sp³-hybridized carbons (Fsp3) is 0.714. The molecule has 0 radical (unpaired) electrons. The van der Waals surface area contributed by atoms with Crippen molar-refractivity contribution in [3.63, 3.8) is 0 Å². The number of ketones is 1. The molecule has 1 aliphatic carbocycles. The lowest BCUT2D eigenvalue weighted by atomic mass is 9.85. The van der Waals surface area contributed by atoms with Crippen LogP contribution in [0.15, 0.2) is 11.6 Å². The molecule has 98 valence electrons. The Bertz CT molecular complexity index is 439. The molecule has 0 amide bonds. The van der Waals surface area contributed by atoms with Crippen LogP contribution in [0.25, 0.3) is 0 Å². The van der Waals surface area contributed by atoms with Gasteiger partial charge in [0.15, 0.2) is 0 Å². The molecule has 0 saturated carbocycles. The van der Waals surface area contributed by atoms with Crippen molar-refractivity contribution >= 4 is 11.8 Å². The predicted octanol–water partition coefficient (Wildman–Crippen LogP) is 1.77. The number of esters is 1. The number of ether oxygens (including phenoxy) is 2. The summed E-state index contributed by atoms with van der Waals surface area (Å²) in [5.41, 5.74) is 1.06. The largest absolute Gasteiger partial charge is 0.453 e. The van der Waals surface area contributed by atoms with Crippen molar-refractivity contribution in [2.24, 2.45) is 5.92 Å². The van der Waals surface area contributed by atoms with E-state index < -0.39 is 5.97 Å². The second kappa shape index (κ2) is 3.92. The maximum absolute atomic E-state index is 11.8. The van der Waals surface area contributed by atoms with Gasteiger partial charge in [0.05, 0.1) is 11.5 Å². The Hall–Kier alpha value is -1.16. The molecule has 4 nitrogen and oxygen atoms in total. The van der Waals surface area contributed by atoms with E-state index in [1.54, 1.807) is 0 Å². The number of hydrogen-bond acceptors (Lipinski definition) is 4. The molecule has 0 bridgehead atoms. The minimum absolute atomic E-state index is 0.0929. The minimum Gasteiger partial charge on any atom is -0.453 e. The number of Topliss-reactive ketones (excluding diaryl/α,β-unsaturated/α-hetero) is 1. The SMILES string of the molecule is CC1=CCC[C@@]2(C)OC2[C@H]2OC(=O)C(=O)[C@@H]2CC1. The molecule has 2 fully saturated rings. The average molecular weight is 250 g/mol. The lowest BCUT2D eigenvalue weighted by Crippen LogP contribution is -2.30. The van der Waals surface area contributed by atoms with Crippen molar-refractivity contribution in [3.05, 3.63) is 11.6 Å². The number of epoxide rings is 1. The molecule has 1 unspecified atom stereocenters. The van der Waals surface area contributed by atoms with E-state index in [0.717, 1.165) is 19.3 Å². The van der Waals surface area contributed by atoms with Gasteiger partial charge in [0.1, 0.15) is 12.2 Å². The van der Waals surface area contributed by atoms with E-state index in [0.29, 0.717) is 6.42 Å². The van der Waals surface area contributed by atoms with Crippen LogP contribution in [0.1, 0.15) is 39.5 Å². The topological polar surface area (TPSA) is 55.9 Å². The van der Waals surface area contributed by atoms with Crippen molar-refractivity contribution in [2.45, 2.75) is 57.3 Å². The molecule has 0 aromatic carbocycles. The first-order valence-electron chi connectivity index (χ1n) is 6.59. The minimum atomic E-state index is -0.677. The highest BCUT2D eigenvalue weighted by Crippen LogP contribution is 2.48.